The summed E-state index contributed by atoms with van der Waals surface area (Å²) in [6.07, 6.45) is 3.54. The predicted octanol–water partition coefficient (Wildman–Crippen LogP) is 4.57. The number of nitrogens with zero attached hydrogens (tertiary/aromatic N) is 1. The van der Waals surface area contributed by atoms with Crippen molar-refractivity contribution >= 4 is 28.3 Å². The Morgan fingerprint density at radius 3 is 2.42 bits per heavy atom. The van der Waals surface area contributed by atoms with Crippen molar-refractivity contribution in [3.05, 3.63) is 83.9 Å². The second-order valence-electron chi connectivity index (χ2n) is 6.42. The summed E-state index contributed by atoms with van der Waals surface area (Å²) in [4.78, 5) is 15.0. The van der Waals surface area contributed by atoms with Crippen LogP contribution in [-0.4, -0.2) is 32.1 Å². The molecule has 26 heavy (non-hydrogen) atoms. The monoisotopic (exact) mass is 343 g/mol. The van der Waals surface area contributed by atoms with Crippen molar-refractivity contribution in [3.63, 3.8) is 0 Å². The maximum atomic E-state index is 12.6. The first-order valence-electron chi connectivity index (χ1n) is 8.94. The van der Waals surface area contributed by atoms with Crippen LogP contribution in [0.15, 0.2) is 72.8 Å². The maximum Gasteiger partial charge on any atom is 0.186 e. The van der Waals surface area contributed by atoms with E-state index in [1.807, 2.05) is 48.5 Å². The van der Waals surface area contributed by atoms with E-state index < -0.39 is 0 Å². The third-order valence-corrected chi connectivity index (χ3v) is 4.75. The van der Waals surface area contributed by atoms with E-state index in [2.05, 4.69) is 29.2 Å². The average molecular weight is 343 g/mol. The molecule has 1 saturated heterocycles. The summed E-state index contributed by atoms with van der Waals surface area (Å²) in [6, 6.07) is 22.1. The Kier molecular flexibility index (Phi) is 4.80. The van der Waals surface area contributed by atoms with Crippen molar-refractivity contribution in [3.8, 4) is 0 Å². The Balaban J connectivity index is 1.51. The number of carbonyl (C=O) groups excluding carboxylic acids is 1. The van der Waals surface area contributed by atoms with E-state index in [0.717, 1.165) is 48.2 Å². The number of hydrogen-bond acceptors (Lipinski definition) is 3. The Hall–Kier alpha value is -2.91. The van der Waals surface area contributed by atoms with E-state index in [0.29, 0.717) is 0 Å². The van der Waals surface area contributed by atoms with Crippen LogP contribution in [0.3, 0.4) is 0 Å². The Morgan fingerprint density at radius 1 is 0.885 bits per heavy atom. The molecule has 130 valence electrons. The highest BCUT2D eigenvalue weighted by Gasteiger charge is 2.10. The molecule has 4 rings (SSSR count). The number of hydrogen-bond donors (Lipinski definition) is 0. The zero-order valence-corrected chi connectivity index (χ0v) is 14.6. The molecule has 0 unspecified atom stereocenters. The molecule has 0 bridgehead atoms. The van der Waals surface area contributed by atoms with Gasteiger partial charge in [-0.15, -0.1) is 0 Å². The van der Waals surface area contributed by atoms with Crippen molar-refractivity contribution in [2.24, 2.45) is 0 Å². The van der Waals surface area contributed by atoms with Gasteiger partial charge in [0.2, 0.25) is 0 Å². The molecule has 0 amide bonds. The maximum absolute atomic E-state index is 12.6. The number of ketones is 1. The second-order valence-corrected chi connectivity index (χ2v) is 6.42. The summed E-state index contributed by atoms with van der Waals surface area (Å²) in [7, 11) is 0. The van der Waals surface area contributed by atoms with Gasteiger partial charge in [-0.1, -0.05) is 60.7 Å². The number of allylic oxidation sites excluding steroid dienone is 1. The quantitative estimate of drug-likeness (QED) is 0.513. The van der Waals surface area contributed by atoms with Gasteiger partial charge in [0.05, 0.1) is 13.2 Å². The molecule has 1 heterocycles. The normalized spacial score (nSPS) is 14.8. The van der Waals surface area contributed by atoms with E-state index >= 15 is 0 Å². The lowest BCUT2D eigenvalue weighted by Gasteiger charge is -2.28. The molecule has 1 fully saturated rings. The van der Waals surface area contributed by atoms with Gasteiger partial charge in [-0.05, 0) is 34.5 Å². The molecular weight excluding hydrogens is 322 g/mol. The fraction of sp³-hybridized carbons (Fsp3) is 0.174. The highest BCUT2D eigenvalue weighted by atomic mass is 16.5. The van der Waals surface area contributed by atoms with Crippen LogP contribution in [0.2, 0.25) is 0 Å². The summed E-state index contributed by atoms with van der Waals surface area (Å²) in [6.45, 7) is 3.41. The summed E-state index contributed by atoms with van der Waals surface area (Å²) in [5.41, 5.74) is 2.96. The molecule has 0 saturated carbocycles. The zero-order chi connectivity index (χ0) is 17.8. The first-order chi connectivity index (χ1) is 12.8. The number of anilines is 1. The van der Waals surface area contributed by atoms with E-state index in [4.69, 9.17) is 4.74 Å². The summed E-state index contributed by atoms with van der Waals surface area (Å²) in [5.74, 6) is 0.0269. The Labute approximate surface area is 153 Å². The SMILES string of the molecule is O=C(/C=C/c1ccc(N2CCOCC2)cc1)c1cccc2ccccc12. The lowest BCUT2D eigenvalue weighted by Crippen LogP contribution is -2.36. The fourth-order valence-corrected chi connectivity index (χ4v) is 3.32. The van der Waals surface area contributed by atoms with Crippen LogP contribution in [0.4, 0.5) is 5.69 Å². The van der Waals surface area contributed by atoms with Crippen LogP contribution in [-0.2, 0) is 4.74 Å². The van der Waals surface area contributed by atoms with Gasteiger partial charge in [0, 0.05) is 24.3 Å². The summed E-state index contributed by atoms with van der Waals surface area (Å²) < 4.78 is 5.39. The number of ether oxygens (including phenoxy) is 1. The third kappa shape index (κ3) is 3.53. The van der Waals surface area contributed by atoms with Crippen molar-refractivity contribution in [1.82, 2.24) is 0 Å². The minimum atomic E-state index is 0.0269. The van der Waals surface area contributed by atoms with E-state index in [9.17, 15) is 4.79 Å². The van der Waals surface area contributed by atoms with Gasteiger partial charge in [-0.2, -0.15) is 0 Å². The van der Waals surface area contributed by atoms with Gasteiger partial charge >= 0.3 is 0 Å². The zero-order valence-electron chi connectivity index (χ0n) is 14.6. The Morgan fingerprint density at radius 2 is 1.62 bits per heavy atom. The standard InChI is InChI=1S/C23H21NO2/c25-23(22-7-3-5-19-4-1-2-6-21(19)22)13-10-18-8-11-20(12-9-18)24-14-16-26-17-15-24/h1-13H,14-17H2/b13-10+. The number of benzene rings is 3. The minimum absolute atomic E-state index is 0.0269. The second kappa shape index (κ2) is 7.54. The van der Waals surface area contributed by atoms with Crippen LogP contribution in [0.1, 0.15) is 15.9 Å². The van der Waals surface area contributed by atoms with Crippen molar-refractivity contribution < 1.29 is 9.53 Å². The van der Waals surface area contributed by atoms with Gasteiger partial charge in [0.25, 0.3) is 0 Å². The molecule has 3 aromatic rings. The number of rotatable bonds is 4. The van der Waals surface area contributed by atoms with Crippen LogP contribution < -0.4 is 4.90 Å². The van der Waals surface area contributed by atoms with Gasteiger partial charge in [0.15, 0.2) is 5.78 Å². The fourth-order valence-electron chi connectivity index (χ4n) is 3.32. The number of morpholine rings is 1. The third-order valence-electron chi connectivity index (χ3n) is 4.75. The summed E-state index contributed by atoms with van der Waals surface area (Å²) in [5, 5.41) is 2.08. The molecule has 1 aliphatic heterocycles. The minimum Gasteiger partial charge on any atom is -0.378 e. The number of fused-ring (bicyclic) bond motifs is 1. The van der Waals surface area contributed by atoms with Gasteiger partial charge in [-0.25, -0.2) is 0 Å². The topological polar surface area (TPSA) is 29.5 Å². The van der Waals surface area contributed by atoms with E-state index in [-0.39, 0.29) is 5.78 Å². The molecular formula is C23H21NO2. The lowest BCUT2D eigenvalue weighted by molar-refractivity contribution is 0.104. The average Bonchev–Trinajstić information content (AvgIpc) is 2.72. The van der Waals surface area contributed by atoms with Crippen LogP contribution in [0, 0.1) is 0 Å². The van der Waals surface area contributed by atoms with Crippen LogP contribution in [0.25, 0.3) is 16.8 Å². The van der Waals surface area contributed by atoms with Gasteiger partial charge < -0.3 is 9.64 Å². The van der Waals surface area contributed by atoms with Crippen molar-refractivity contribution in [2.45, 2.75) is 0 Å². The molecule has 0 aromatic heterocycles. The van der Waals surface area contributed by atoms with E-state index in [1.165, 1.54) is 5.69 Å². The van der Waals surface area contributed by atoms with E-state index in [1.54, 1.807) is 6.08 Å². The van der Waals surface area contributed by atoms with Crippen molar-refractivity contribution in [2.75, 3.05) is 31.2 Å². The smallest absolute Gasteiger partial charge is 0.186 e. The predicted molar refractivity (Wildman–Crippen MR) is 107 cm³/mol. The molecule has 0 atom stereocenters. The molecule has 3 heteroatoms. The summed E-state index contributed by atoms with van der Waals surface area (Å²) >= 11 is 0. The first kappa shape index (κ1) is 16.6. The molecule has 0 spiro atoms. The molecule has 0 aliphatic carbocycles. The molecule has 1 aliphatic rings. The van der Waals surface area contributed by atoms with Crippen LogP contribution >= 0.6 is 0 Å². The Bertz CT molecular complexity index is 933. The first-order valence-corrected chi connectivity index (χ1v) is 8.94. The largest absolute Gasteiger partial charge is 0.378 e. The molecule has 0 radical (unpaired) electrons. The number of carbonyl (C=O) groups is 1. The molecule has 3 aromatic carbocycles. The molecule has 0 N–H and O–H groups in total. The highest BCUT2D eigenvalue weighted by molar-refractivity contribution is 6.14. The highest BCUT2D eigenvalue weighted by Crippen LogP contribution is 2.20. The van der Waals surface area contributed by atoms with Gasteiger partial charge in [0.1, 0.15) is 0 Å². The lowest BCUT2D eigenvalue weighted by atomic mass is 10.0. The van der Waals surface area contributed by atoms with Gasteiger partial charge in [-0.3, -0.25) is 4.79 Å². The van der Waals surface area contributed by atoms with Crippen LogP contribution in [0.5, 0.6) is 0 Å². The van der Waals surface area contributed by atoms with Crippen molar-refractivity contribution in [1.29, 1.82) is 0 Å². The molecule has 3 nitrogen and oxygen atoms in total.